The SMILES string of the molecule is Cc1cccc(-c2cccc(C3(C)COC(N)=N3)c2)c1. The van der Waals surface area contributed by atoms with Crippen molar-refractivity contribution in [1.29, 1.82) is 0 Å². The molecule has 1 heterocycles. The molecule has 1 aliphatic heterocycles. The number of aryl methyl sites for hydroxylation is 1. The minimum Gasteiger partial charge on any atom is -0.462 e. The Morgan fingerprint density at radius 3 is 2.45 bits per heavy atom. The Morgan fingerprint density at radius 1 is 1.10 bits per heavy atom. The van der Waals surface area contributed by atoms with Crippen molar-refractivity contribution in [3.8, 4) is 11.1 Å². The van der Waals surface area contributed by atoms with Crippen LogP contribution < -0.4 is 5.73 Å². The molecule has 3 rings (SSSR count). The third kappa shape index (κ3) is 2.27. The number of hydrogen-bond acceptors (Lipinski definition) is 3. The second kappa shape index (κ2) is 4.67. The molecule has 2 N–H and O–H groups in total. The van der Waals surface area contributed by atoms with Crippen molar-refractivity contribution >= 4 is 6.02 Å². The molecule has 0 fully saturated rings. The highest BCUT2D eigenvalue weighted by Gasteiger charge is 2.32. The molecule has 0 bridgehead atoms. The van der Waals surface area contributed by atoms with Gasteiger partial charge in [0.15, 0.2) is 0 Å². The van der Waals surface area contributed by atoms with Gasteiger partial charge in [-0.3, -0.25) is 0 Å². The Morgan fingerprint density at radius 2 is 1.80 bits per heavy atom. The van der Waals surface area contributed by atoms with Crippen LogP contribution in [0.15, 0.2) is 53.5 Å². The molecular weight excluding hydrogens is 248 g/mol. The van der Waals surface area contributed by atoms with Gasteiger partial charge in [0.05, 0.1) is 0 Å². The molecule has 0 saturated heterocycles. The largest absolute Gasteiger partial charge is 0.462 e. The monoisotopic (exact) mass is 266 g/mol. The smallest absolute Gasteiger partial charge is 0.283 e. The van der Waals surface area contributed by atoms with Gasteiger partial charge in [-0.1, -0.05) is 48.0 Å². The summed E-state index contributed by atoms with van der Waals surface area (Å²) in [5.74, 6) is 0. The average molecular weight is 266 g/mol. The molecule has 0 saturated carbocycles. The van der Waals surface area contributed by atoms with Gasteiger partial charge in [0.1, 0.15) is 12.1 Å². The first-order valence-electron chi connectivity index (χ1n) is 6.72. The van der Waals surface area contributed by atoms with E-state index in [-0.39, 0.29) is 11.6 Å². The standard InChI is InChI=1S/C17H18N2O/c1-12-5-3-6-13(9-12)14-7-4-8-15(10-14)17(2)11-20-16(18)19-17/h3-10H,11H2,1-2H3,(H2,18,19). The zero-order chi connectivity index (χ0) is 14.2. The van der Waals surface area contributed by atoms with Gasteiger partial charge in [-0.25, -0.2) is 4.99 Å². The number of hydrogen-bond donors (Lipinski definition) is 1. The lowest BCUT2D eigenvalue weighted by atomic mass is 9.91. The number of nitrogens with zero attached hydrogens (tertiary/aromatic N) is 1. The van der Waals surface area contributed by atoms with Gasteiger partial charge >= 0.3 is 0 Å². The number of nitrogens with two attached hydrogens (primary N) is 1. The van der Waals surface area contributed by atoms with Gasteiger partial charge in [0.2, 0.25) is 0 Å². The number of ether oxygens (including phenoxy) is 1. The molecule has 0 aromatic heterocycles. The third-order valence-electron chi connectivity index (χ3n) is 3.69. The van der Waals surface area contributed by atoms with E-state index in [1.54, 1.807) is 0 Å². The fraction of sp³-hybridized carbons (Fsp3) is 0.235. The Bertz CT molecular complexity index is 678. The van der Waals surface area contributed by atoms with Crippen LogP contribution in [0.5, 0.6) is 0 Å². The van der Waals surface area contributed by atoms with Crippen LogP contribution in [0, 0.1) is 6.92 Å². The Balaban J connectivity index is 2.02. The molecule has 2 aromatic rings. The predicted octanol–water partition coefficient (Wildman–Crippen LogP) is 3.22. The fourth-order valence-electron chi connectivity index (χ4n) is 2.53. The van der Waals surface area contributed by atoms with E-state index < -0.39 is 0 Å². The summed E-state index contributed by atoms with van der Waals surface area (Å²) in [6.07, 6.45) is 0. The lowest BCUT2D eigenvalue weighted by molar-refractivity contribution is 0.266. The summed E-state index contributed by atoms with van der Waals surface area (Å²) in [4.78, 5) is 4.42. The maximum atomic E-state index is 5.64. The quantitative estimate of drug-likeness (QED) is 0.907. The van der Waals surface area contributed by atoms with E-state index in [1.807, 2.05) is 6.92 Å². The van der Waals surface area contributed by atoms with Gasteiger partial charge in [-0.15, -0.1) is 0 Å². The van der Waals surface area contributed by atoms with E-state index in [0.29, 0.717) is 6.61 Å². The van der Waals surface area contributed by atoms with Gasteiger partial charge in [0.25, 0.3) is 6.02 Å². The molecular formula is C17H18N2O. The number of amidine groups is 1. The molecule has 20 heavy (non-hydrogen) atoms. The van der Waals surface area contributed by atoms with Crippen molar-refractivity contribution in [3.63, 3.8) is 0 Å². The van der Waals surface area contributed by atoms with Crippen molar-refractivity contribution < 1.29 is 4.74 Å². The first kappa shape index (κ1) is 12.7. The van der Waals surface area contributed by atoms with Crippen molar-refractivity contribution in [1.82, 2.24) is 0 Å². The molecule has 1 atom stereocenters. The van der Waals surface area contributed by atoms with Crippen LogP contribution in [0.1, 0.15) is 18.1 Å². The van der Waals surface area contributed by atoms with E-state index in [9.17, 15) is 0 Å². The van der Waals surface area contributed by atoms with Crippen LogP contribution in [0.3, 0.4) is 0 Å². The molecule has 0 radical (unpaired) electrons. The molecule has 2 aromatic carbocycles. The van der Waals surface area contributed by atoms with Crippen molar-refractivity contribution in [2.45, 2.75) is 19.4 Å². The average Bonchev–Trinajstić information content (AvgIpc) is 2.80. The molecule has 0 spiro atoms. The molecule has 0 aliphatic carbocycles. The van der Waals surface area contributed by atoms with Crippen molar-refractivity contribution in [2.24, 2.45) is 10.7 Å². The van der Waals surface area contributed by atoms with Crippen LogP contribution in [0.25, 0.3) is 11.1 Å². The van der Waals surface area contributed by atoms with Gasteiger partial charge < -0.3 is 10.5 Å². The topological polar surface area (TPSA) is 47.6 Å². The van der Waals surface area contributed by atoms with Crippen molar-refractivity contribution in [3.05, 3.63) is 59.7 Å². The van der Waals surface area contributed by atoms with E-state index in [4.69, 9.17) is 10.5 Å². The number of benzene rings is 2. The summed E-state index contributed by atoms with van der Waals surface area (Å²) >= 11 is 0. The molecule has 102 valence electrons. The number of rotatable bonds is 2. The van der Waals surface area contributed by atoms with Crippen LogP contribution in [0.2, 0.25) is 0 Å². The minimum absolute atomic E-state index is 0.272. The highest BCUT2D eigenvalue weighted by molar-refractivity contribution is 5.74. The zero-order valence-electron chi connectivity index (χ0n) is 11.8. The summed E-state index contributed by atoms with van der Waals surface area (Å²) in [5, 5.41) is 0. The lowest BCUT2D eigenvalue weighted by Gasteiger charge is -2.19. The van der Waals surface area contributed by atoms with Gasteiger partial charge in [-0.2, -0.15) is 0 Å². The summed E-state index contributed by atoms with van der Waals surface area (Å²) in [6.45, 7) is 4.64. The summed E-state index contributed by atoms with van der Waals surface area (Å²) < 4.78 is 5.32. The Kier molecular flexibility index (Phi) is 2.97. The molecule has 0 amide bonds. The van der Waals surface area contributed by atoms with Crippen LogP contribution >= 0.6 is 0 Å². The third-order valence-corrected chi connectivity index (χ3v) is 3.69. The van der Waals surface area contributed by atoms with Crippen molar-refractivity contribution in [2.75, 3.05) is 6.61 Å². The Hall–Kier alpha value is -2.29. The van der Waals surface area contributed by atoms with Crippen LogP contribution in [-0.2, 0) is 10.3 Å². The second-order valence-electron chi connectivity index (χ2n) is 5.46. The maximum Gasteiger partial charge on any atom is 0.283 e. The van der Waals surface area contributed by atoms with Gasteiger partial charge in [0, 0.05) is 0 Å². The molecule has 1 unspecified atom stereocenters. The fourth-order valence-corrected chi connectivity index (χ4v) is 2.53. The normalized spacial score (nSPS) is 21.4. The molecule has 3 heteroatoms. The first-order chi connectivity index (χ1) is 9.57. The van der Waals surface area contributed by atoms with E-state index in [2.05, 4.69) is 60.4 Å². The predicted molar refractivity (Wildman–Crippen MR) is 81.5 cm³/mol. The van der Waals surface area contributed by atoms with E-state index >= 15 is 0 Å². The molecule has 1 aliphatic rings. The number of aliphatic imine (C=N–C) groups is 1. The molecule has 3 nitrogen and oxygen atoms in total. The summed E-state index contributed by atoms with van der Waals surface area (Å²) in [7, 11) is 0. The first-order valence-corrected chi connectivity index (χ1v) is 6.72. The van der Waals surface area contributed by atoms with E-state index in [0.717, 1.165) is 5.56 Å². The zero-order valence-corrected chi connectivity index (χ0v) is 11.8. The van der Waals surface area contributed by atoms with Crippen LogP contribution in [-0.4, -0.2) is 12.6 Å². The second-order valence-corrected chi connectivity index (χ2v) is 5.46. The summed E-state index contributed by atoms with van der Waals surface area (Å²) in [5.41, 5.74) is 10.0. The highest BCUT2D eigenvalue weighted by Crippen LogP contribution is 2.32. The minimum atomic E-state index is -0.385. The van der Waals surface area contributed by atoms with Gasteiger partial charge in [-0.05, 0) is 36.6 Å². The highest BCUT2D eigenvalue weighted by atomic mass is 16.5. The van der Waals surface area contributed by atoms with E-state index in [1.165, 1.54) is 16.7 Å². The Labute approximate surface area is 119 Å². The lowest BCUT2D eigenvalue weighted by Crippen LogP contribution is -2.20. The maximum absolute atomic E-state index is 5.64. The summed E-state index contributed by atoms with van der Waals surface area (Å²) in [6, 6.07) is 17.2. The van der Waals surface area contributed by atoms with Crippen LogP contribution in [0.4, 0.5) is 0 Å².